The zero-order chi connectivity index (χ0) is 13.4. The lowest BCUT2D eigenvalue weighted by molar-refractivity contribution is 0.0414. The molecule has 1 amide bonds. The van der Waals surface area contributed by atoms with Gasteiger partial charge in [-0.15, -0.1) is 11.3 Å². The Bertz CT molecular complexity index is 451. The van der Waals surface area contributed by atoms with Gasteiger partial charge in [0.1, 0.15) is 0 Å². The third-order valence-electron chi connectivity index (χ3n) is 3.53. The molecular formula is C12H16Br2N2OS. The number of piperazine rings is 1. The number of hydrogen-bond acceptors (Lipinski definition) is 3. The van der Waals surface area contributed by atoms with Crippen LogP contribution < -0.4 is 0 Å². The Hall–Kier alpha value is 0.0900. The van der Waals surface area contributed by atoms with Crippen molar-refractivity contribution in [1.29, 1.82) is 0 Å². The van der Waals surface area contributed by atoms with Crippen molar-refractivity contribution in [3.63, 3.8) is 0 Å². The first-order valence-corrected chi connectivity index (χ1v) is 8.26. The van der Waals surface area contributed by atoms with E-state index in [4.69, 9.17) is 0 Å². The molecule has 0 N–H and O–H groups in total. The number of halogens is 2. The van der Waals surface area contributed by atoms with Gasteiger partial charge in [-0.2, -0.15) is 0 Å². The number of nitrogens with zero attached hydrogens (tertiary/aromatic N) is 2. The fraction of sp³-hybridized carbons (Fsp3) is 0.583. The molecule has 0 spiro atoms. The van der Waals surface area contributed by atoms with Crippen molar-refractivity contribution >= 4 is 49.1 Å². The van der Waals surface area contributed by atoms with Crippen molar-refractivity contribution < 1.29 is 4.79 Å². The topological polar surface area (TPSA) is 23.6 Å². The highest BCUT2D eigenvalue weighted by molar-refractivity contribution is 9.12. The Morgan fingerprint density at radius 1 is 1.33 bits per heavy atom. The first-order valence-electron chi connectivity index (χ1n) is 5.86. The molecule has 1 aliphatic heterocycles. The monoisotopic (exact) mass is 394 g/mol. The van der Waals surface area contributed by atoms with E-state index in [9.17, 15) is 4.79 Å². The minimum atomic E-state index is 0.121. The zero-order valence-electron chi connectivity index (χ0n) is 10.6. The van der Waals surface area contributed by atoms with Crippen LogP contribution in [0.15, 0.2) is 13.6 Å². The summed E-state index contributed by atoms with van der Waals surface area (Å²) in [6.45, 7) is 5.90. The van der Waals surface area contributed by atoms with Gasteiger partial charge in [-0.3, -0.25) is 9.69 Å². The molecule has 18 heavy (non-hydrogen) atoms. The molecule has 0 bridgehead atoms. The van der Waals surface area contributed by atoms with Crippen molar-refractivity contribution in [1.82, 2.24) is 9.80 Å². The summed E-state index contributed by atoms with van der Waals surface area (Å²) < 4.78 is 1.88. The number of amides is 1. The summed E-state index contributed by atoms with van der Waals surface area (Å²) in [5.41, 5.74) is 0.760. The van der Waals surface area contributed by atoms with Gasteiger partial charge in [0, 0.05) is 25.2 Å². The molecule has 3 nitrogen and oxygen atoms in total. The van der Waals surface area contributed by atoms with Gasteiger partial charge in [0.05, 0.1) is 13.1 Å². The second-order valence-electron chi connectivity index (χ2n) is 4.81. The van der Waals surface area contributed by atoms with Crippen LogP contribution in [0.25, 0.3) is 0 Å². The number of rotatable bonds is 1. The molecule has 6 heteroatoms. The Kier molecular flexibility index (Phi) is 4.52. The third-order valence-corrected chi connectivity index (χ3v) is 5.87. The number of likely N-dealkylation sites (N-methyl/N-ethyl adjacent to an activating group) is 1. The van der Waals surface area contributed by atoms with Gasteiger partial charge in [0.15, 0.2) is 0 Å². The Labute approximate surface area is 128 Å². The van der Waals surface area contributed by atoms with Crippen LogP contribution in [-0.4, -0.2) is 47.9 Å². The van der Waals surface area contributed by atoms with Crippen molar-refractivity contribution in [3.05, 3.63) is 19.2 Å². The number of hydrogen-bond donors (Lipinski definition) is 0. The average Bonchev–Trinajstić information content (AvgIpc) is 2.63. The van der Waals surface area contributed by atoms with Gasteiger partial charge in [0.25, 0.3) is 5.91 Å². The number of carbonyl (C=O) groups excluding carboxylic acids is 1. The van der Waals surface area contributed by atoms with Crippen LogP contribution in [0.4, 0.5) is 0 Å². The summed E-state index contributed by atoms with van der Waals surface area (Å²) in [6, 6.07) is 2.70. The van der Waals surface area contributed by atoms with E-state index >= 15 is 0 Å². The van der Waals surface area contributed by atoms with E-state index < -0.39 is 0 Å². The Morgan fingerprint density at radius 2 is 1.89 bits per heavy atom. The lowest BCUT2D eigenvalue weighted by Gasteiger charge is -2.42. The molecule has 1 saturated heterocycles. The van der Waals surface area contributed by atoms with E-state index in [1.165, 1.54) is 11.3 Å². The molecule has 2 rings (SSSR count). The molecule has 0 aromatic carbocycles. The van der Waals surface area contributed by atoms with Crippen molar-refractivity contribution in [2.75, 3.05) is 20.1 Å². The van der Waals surface area contributed by atoms with Gasteiger partial charge in [-0.1, -0.05) is 0 Å². The number of thiophene rings is 1. The molecular weight excluding hydrogens is 380 g/mol. The second-order valence-corrected chi connectivity index (χ2v) is 8.56. The van der Waals surface area contributed by atoms with Crippen LogP contribution in [0.2, 0.25) is 0 Å². The fourth-order valence-electron chi connectivity index (χ4n) is 2.23. The Balaban J connectivity index is 2.17. The molecule has 2 unspecified atom stereocenters. The predicted molar refractivity (Wildman–Crippen MR) is 82.3 cm³/mol. The van der Waals surface area contributed by atoms with Crippen molar-refractivity contribution in [2.45, 2.75) is 25.9 Å². The molecule has 1 fully saturated rings. The minimum Gasteiger partial charge on any atom is -0.335 e. The molecule has 0 aliphatic carbocycles. The van der Waals surface area contributed by atoms with Crippen LogP contribution in [0, 0.1) is 0 Å². The van der Waals surface area contributed by atoms with Crippen LogP contribution in [0.3, 0.4) is 0 Å². The molecule has 2 heterocycles. The highest BCUT2D eigenvalue weighted by Gasteiger charge is 2.30. The van der Waals surface area contributed by atoms with E-state index in [0.29, 0.717) is 12.1 Å². The van der Waals surface area contributed by atoms with Crippen LogP contribution in [0.5, 0.6) is 0 Å². The summed E-state index contributed by atoms with van der Waals surface area (Å²) in [6.07, 6.45) is 0. The van der Waals surface area contributed by atoms with Gasteiger partial charge in [-0.25, -0.2) is 0 Å². The molecule has 1 aliphatic rings. The van der Waals surface area contributed by atoms with Crippen molar-refractivity contribution in [2.24, 2.45) is 0 Å². The SMILES string of the molecule is CC1CN(C(=O)c2cc(Br)sc2Br)CC(C)N1C. The third kappa shape index (κ3) is 2.81. The maximum absolute atomic E-state index is 12.5. The van der Waals surface area contributed by atoms with Crippen LogP contribution >= 0.6 is 43.2 Å². The minimum absolute atomic E-state index is 0.121. The number of carbonyl (C=O) groups is 1. The highest BCUT2D eigenvalue weighted by Crippen LogP contribution is 2.33. The summed E-state index contributed by atoms with van der Waals surface area (Å²) in [5.74, 6) is 0.121. The molecule has 0 saturated carbocycles. The molecule has 0 radical (unpaired) electrons. The van der Waals surface area contributed by atoms with E-state index in [2.05, 4.69) is 57.7 Å². The van der Waals surface area contributed by atoms with E-state index in [0.717, 1.165) is 26.2 Å². The van der Waals surface area contributed by atoms with E-state index in [1.807, 2.05) is 11.0 Å². The van der Waals surface area contributed by atoms with E-state index in [1.54, 1.807) is 0 Å². The quantitative estimate of drug-likeness (QED) is 0.727. The average molecular weight is 396 g/mol. The van der Waals surface area contributed by atoms with Crippen molar-refractivity contribution in [3.8, 4) is 0 Å². The van der Waals surface area contributed by atoms with Crippen LogP contribution in [0.1, 0.15) is 24.2 Å². The summed E-state index contributed by atoms with van der Waals surface area (Å²) >= 11 is 8.41. The first-order chi connectivity index (χ1) is 8.40. The lowest BCUT2D eigenvalue weighted by atomic mass is 10.1. The summed E-state index contributed by atoms with van der Waals surface area (Å²) in [4.78, 5) is 16.8. The van der Waals surface area contributed by atoms with Gasteiger partial charge in [-0.05, 0) is 58.8 Å². The maximum Gasteiger partial charge on any atom is 0.256 e. The van der Waals surface area contributed by atoms with E-state index in [-0.39, 0.29) is 5.91 Å². The molecule has 100 valence electrons. The normalized spacial score (nSPS) is 25.5. The predicted octanol–water partition coefficient (Wildman–Crippen LogP) is 3.44. The highest BCUT2D eigenvalue weighted by atomic mass is 79.9. The standard InChI is InChI=1S/C12H16Br2N2OS/c1-7-5-16(6-8(2)15(7)3)12(17)9-4-10(13)18-11(9)14/h4,7-8H,5-6H2,1-3H3. The van der Waals surface area contributed by atoms with Gasteiger partial charge in [0.2, 0.25) is 0 Å². The van der Waals surface area contributed by atoms with Gasteiger partial charge >= 0.3 is 0 Å². The lowest BCUT2D eigenvalue weighted by Crippen LogP contribution is -2.56. The largest absolute Gasteiger partial charge is 0.335 e. The summed E-state index contributed by atoms with van der Waals surface area (Å²) in [7, 11) is 2.12. The zero-order valence-corrected chi connectivity index (χ0v) is 14.6. The second kappa shape index (κ2) is 5.61. The fourth-order valence-corrected chi connectivity index (χ4v) is 5.00. The first kappa shape index (κ1) is 14.5. The molecule has 2 atom stereocenters. The van der Waals surface area contributed by atoms with Crippen LogP contribution in [-0.2, 0) is 0 Å². The summed E-state index contributed by atoms with van der Waals surface area (Å²) in [5, 5.41) is 0. The maximum atomic E-state index is 12.5. The smallest absolute Gasteiger partial charge is 0.256 e. The Morgan fingerprint density at radius 3 is 2.33 bits per heavy atom. The van der Waals surface area contributed by atoms with Gasteiger partial charge < -0.3 is 4.90 Å². The molecule has 1 aromatic heterocycles. The molecule has 1 aromatic rings.